The molecule has 0 spiro atoms. The standard InChI is InChI=1S/C18H20FNO2S/c1-20(12-13-22-17-10-6-5-9-16(17)19)18(21)11-14-23-15-7-3-2-4-8-15/h2-10H,11-14H2,1H3. The molecule has 2 rings (SSSR count). The lowest BCUT2D eigenvalue weighted by atomic mass is 10.3. The predicted molar refractivity (Wildman–Crippen MR) is 91.3 cm³/mol. The quantitative estimate of drug-likeness (QED) is 0.687. The molecule has 0 atom stereocenters. The Morgan fingerprint density at radius 2 is 1.83 bits per heavy atom. The van der Waals surface area contributed by atoms with Crippen molar-refractivity contribution in [3.63, 3.8) is 0 Å². The SMILES string of the molecule is CN(CCOc1ccccc1F)C(=O)CCSc1ccccc1. The number of carbonyl (C=O) groups excluding carboxylic acids is 1. The fourth-order valence-electron chi connectivity index (χ4n) is 1.94. The smallest absolute Gasteiger partial charge is 0.223 e. The first-order valence-corrected chi connectivity index (χ1v) is 8.44. The molecule has 23 heavy (non-hydrogen) atoms. The molecule has 0 aromatic heterocycles. The number of hydrogen-bond acceptors (Lipinski definition) is 3. The third-order valence-corrected chi connectivity index (χ3v) is 4.29. The molecule has 0 fully saturated rings. The van der Waals surface area contributed by atoms with E-state index in [-0.39, 0.29) is 24.1 Å². The zero-order chi connectivity index (χ0) is 16.5. The number of halogens is 1. The molecular formula is C18H20FNO2S. The van der Waals surface area contributed by atoms with Gasteiger partial charge in [0, 0.05) is 24.1 Å². The number of amides is 1. The van der Waals surface area contributed by atoms with Crippen molar-refractivity contribution in [3.05, 3.63) is 60.4 Å². The van der Waals surface area contributed by atoms with Crippen molar-refractivity contribution in [2.75, 3.05) is 26.0 Å². The molecule has 0 saturated heterocycles. The number of likely N-dealkylation sites (N-methyl/N-ethyl adjacent to an activating group) is 1. The van der Waals surface area contributed by atoms with Crippen LogP contribution in [0.3, 0.4) is 0 Å². The van der Waals surface area contributed by atoms with Crippen LogP contribution in [0.2, 0.25) is 0 Å². The third-order valence-electron chi connectivity index (χ3n) is 3.27. The Morgan fingerprint density at radius 3 is 2.57 bits per heavy atom. The van der Waals surface area contributed by atoms with Gasteiger partial charge in [0.25, 0.3) is 0 Å². The predicted octanol–water partition coefficient (Wildman–Crippen LogP) is 3.85. The minimum absolute atomic E-state index is 0.0607. The van der Waals surface area contributed by atoms with Crippen molar-refractivity contribution in [2.24, 2.45) is 0 Å². The third kappa shape index (κ3) is 5.94. The van der Waals surface area contributed by atoms with E-state index >= 15 is 0 Å². The summed E-state index contributed by atoms with van der Waals surface area (Å²) in [6.07, 6.45) is 0.468. The van der Waals surface area contributed by atoms with Gasteiger partial charge in [0.1, 0.15) is 6.61 Å². The van der Waals surface area contributed by atoms with Crippen LogP contribution in [0.15, 0.2) is 59.5 Å². The largest absolute Gasteiger partial charge is 0.489 e. The molecule has 0 radical (unpaired) electrons. The summed E-state index contributed by atoms with van der Waals surface area (Å²) in [6, 6.07) is 16.3. The Kier molecular flexibility index (Phi) is 6.94. The van der Waals surface area contributed by atoms with E-state index in [4.69, 9.17) is 4.74 Å². The highest BCUT2D eigenvalue weighted by atomic mass is 32.2. The minimum atomic E-state index is -0.388. The van der Waals surface area contributed by atoms with Crippen molar-refractivity contribution >= 4 is 17.7 Å². The number of rotatable bonds is 8. The number of carbonyl (C=O) groups is 1. The van der Waals surface area contributed by atoms with E-state index in [9.17, 15) is 9.18 Å². The van der Waals surface area contributed by atoms with Gasteiger partial charge in [-0.25, -0.2) is 4.39 Å². The summed E-state index contributed by atoms with van der Waals surface area (Å²) in [5.41, 5.74) is 0. The molecule has 0 aliphatic carbocycles. The van der Waals surface area contributed by atoms with Gasteiger partial charge in [0.15, 0.2) is 11.6 Å². The van der Waals surface area contributed by atoms with E-state index < -0.39 is 0 Å². The zero-order valence-corrected chi connectivity index (χ0v) is 13.9. The summed E-state index contributed by atoms with van der Waals surface area (Å²) in [4.78, 5) is 14.8. The highest BCUT2D eigenvalue weighted by Crippen LogP contribution is 2.18. The van der Waals surface area contributed by atoms with Gasteiger partial charge in [-0.05, 0) is 24.3 Å². The summed E-state index contributed by atoms with van der Waals surface area (Å²) < 4.78 is 18.7. The zero-order valence-electron chi connectivity index (χ0n) is 13.1. The maximum Gasteiger partial charge on any atom is 0.223 e. The van der Waals surface area contributed by atoms with Gasteiger partial charge in [0.05, 0.1) is 6.54 Å². The molecule has 122 valence electrons. The first-order valence-electron chi connectivity index (χ1n) is 7.46. The average Bonchev–Trinajstić information content (AvgIpc) is 2.57. The lowest BCUT2D eigenvalue weighted by Crippen LogP contribution is -2.31. The summed E-state index contributed by atoms with van der Waals surface area (Å²) in [6.45, 7) is 0.707. The van der Waals surface area contributed by atoms with Crippen LogP contribution in [0, 0.1) is 5.82 Å². The summed E-state index contributed by atoms with van der Waals surface area (Å²) in [7, 11) is 1.74. The van der Waals surface area contributed by atoms with Crippen LogP contribution >= 0.6 is 11.8 Å². The summed E-state index contributed by atoms with van der Waals surface area (Å²) in [5, 5.41) is 0. The van der Waals surface area contributed by atoms with E-state index in [0.717, 1.165) is 10.6 Å². The molecule has 0 bridgehead atoms. The van der Waals surface area contributed by atoms with Crippen LogP contribution in [0.5, 0.6) is 5.75 Å². The van der Waals surface area contributed by atoms with Crippen LogP contribution in [0.25, 0.3) is 0 Å². The van der Waals surface area contributed by atoms with Crippen LogP contribution in [0.4, 0.5) is 4.39 Å². The molecule has 0 saturated carbocycles. The lowest BCUT2D eigenvalue weighted by molar-refractivity contribution is -0.129. The van der Waals surface area contributed by atoms with Crippen LogP contribution in [-0.2, 0) is 4.79 Å². The van der Waals surface area contributed by atoms with E-state index in [1.807, 2.05) is 30.3 Å². The second-order valence-electron chi connectivity index (χ2n) is 5.01. The molecule has 3 nitrogen and oxygen atoms in total. The van der Waals surface area contributed by atoms with Crippen molar-refractivity contribution in [2.45, 2.75) is 11.3 Å². The molecule has 0 aliphatic rings. The molecule has 1 amide bonds. The van der Waals surface area contributed by atoms with Crippen molar-refractivity contribution in [1.82, 2.24) is 4.90 Å². The molecule has 0 aliphatic heterocycles. The maximum atomic E-state index is 13.4. The minimum Gasteiger partial charge on any atom is -0.489 e. The van der Waals surface area contributed by atoms with Gasteiger partial charge in [-0.15, -0.1) is 11.8 Å². The van der Waals surface area contributed by atoms with Gasteiger partial charge < -0.3 is 9.64 Å². The van der Waals surface area contributed by atoms with E-state index in [0.29, 0.717) is 13.0 Å². The first-order chi connectivity index (χ1) is 11.2. The number of benzene rings is 2. The van der Waals surface area contributed by atoms with Crippen molar-refractivity contribution in [1.29, 1.82) is 0 Å². The number of ether oxygens (including phenoxy) is 1. The van der Waals surface area contributed by atoms with Gasteiger partial charge in [-0.1, -0.05) is 30.3 Å². The Balaban J connectivity index is 1.66. The Labute approximate surface area is 140 Å². The molecule has 2 aromatic rings. The molecular weight excluding hydrogens is 313 g/mol. The molecule has 0 unspecified atom stereocenters. The van der Waals surface area contributed by atoms with Gasteiger partial charge >= 0.3 is 0 Å². The number of thioether (sulfide) groups is 1. The molecule has 0 N–H and O–H groups in total. The number of nitrogens with zero attached hydrogens (tertiary/aromatic N) is 1. The Hall–Kier alpha value is -2.01. The van der Waals surface area contributed by atoms with Gasteiger partial charge in [0.2, 0.25) is 5.91 Å². The Morgan fingerprint density at radius 1 is 1.13 bits per heavy atom. The van der Waals surface area contributed by atoms with Crippen LogP contribution in [0.1, 0.15) is 6.42 Å². The number of hydrogen-bond donors (Lipinski definition) is 0. The van der Waals surface area contributed by atoms with E-state index in [1.165, 1.54) is 6.07 Å². The normalized spacial score (nSPS) is 10.3. The first kappa shape index (κ1) is 17.3. The second-order valence-corrected chi connectivity index (χ2v) is 6.17. The lowest BCUT2D eigenvalue weighted by Gasteiger charge is -2.17. The highest BCUT2D eigenvalue weighted by molar-refractivity contribution is 7.99. The fraction of sp³-hybridized carbons (Fsp3) is 0.278. The Bertz CT molecular complexity index is 621. The second kappa shape index (κ2) is 9.20. The molecule has 0 heterocycles. The van der Waals surface area contributed by atoms with Crippen LogP contribution in [-0.4, -0.2) is 36.8 Å². The average molecular weight is 333 g/mol. The summed E-state index contributed by atoms with van der Waals surface area (Å²) in [5.74, 6) is 0.626. The fourth-order valence-corrected chi connectivity index (χ4v) is 2.80. The molecule has 2 aromatic carbocycles. The topological polar surface area (TPSA) is 29.5 Å². The van der Waals surface area contributed by atoms with Crippen LogP contribution < -0.4 is 4.74 Å². The number of para-hydroxylation sites is 1. The molecule has 5 heteroatoms. The maximum absolute atomic E-state index is 13.4. The highest BCUT2D eigenvalue weighted by Gasteiger charge is 2.09. The van der Waals surface area contributed by atoms with Gasteiger partial charge in [-0.2, -0.15) is 0 Å². The summed E-state index contributed by atoms with van der Waals surface area (Å²) >= 11 is 1.66. The van der Waals surface area contributed by atoms with Crippen molar-refractivity contribution < 1.29 is 13.9 Å². The van der Waals surface area contributed by atoms with E-state index in [2.05, 4.69) is 0 Å². The van der Waals surface area contributed by atoms with E-state index in [1.54, 1.807) is 41.9 Å². The van der Waals surface area contributed by atoms with Gasteiger partial charge in [-0.3, -0.25) is 4.79 Å². The monoisotopic (exact) mass is 333 g/mol. The van der Waals surface area contributed by atoms with Crippen molar-refractivity contribution in [3.8, 4) is 5.75 Å².